The minimum atomic E-state index is -4.54. The second-order valence-electron chi connectivity index (χ2n) is 5.57. The second-order valence-corrected chi connectivity index (χ2v) is 5.57. The quantitative estimate of drug-likeness (QED) is 0.919. The molecule has 1 N–H and O–H groups in total. The van der Waals surface area contributed by atoms with Crippen LogP contribution in [-0.2, 0) is 15.7 Å². The highest BCUT2D eigenvalue weighted by molar-refractivity contribution is 5.95. The number of amides is 1. The van der Waals surface area contributed by atoms with E-state index >= 15 is 0 Å². The lowest BCUT2D eigenvalue weighted by Gasteiger charge is -2.24. The van der Waals surface area contributed by atoms with Gasteiger partial charge in [0.1, 0.15) is 5.41 Å². The monoisotopic (exact) mass is 331 g/mol. The molecule has 1 aromatic carbocycles. The number of alkyl halides is 3. The standard InChI is InChI=1S/C15H16F3NO4/c1-23-9-14(13(21)22)5-6-19(8-14)12(20)10-3-2-4-11(7-10)15(16,17)18/h2-4,7H,5-6,8-9H2,1H3,(H,21,22). The summed E-state index contributed by atoms with van der Waals surface area (Å²) in [5, 5.41) is 9.35. The molecular weight excluding hydrogens is 315 g/mol. The Kier molecular flexibility index (Phi) is 4.65. The highest BCUT2D eigenvalue weighted by Crippen LogP contribution is 2.33. The number of hydrogen-bond donors (Lipinski definition) is 1. The molecule has 1 unspecified atom stereocenters. The summed E-state index contributed by atoms with van der Waals surface area (Å²) in [6.45, 7) is 0.00466. The van der Waals surface area contributed by atoms with Gasteiger partial charge in [-0.05, 0) is 24.6 Å². The molecular formula is C15H16F3NO4. The maximum absolute atomic E-state index is 12.7. The Morgan fingerprint density at radius 3 is 2.65 bits per heavy atom. The fourth-order valence-electron chi connectivity index (χ4n) is 2.69. The van der Waals surface area contributed by atoms with Gasteiger partial charge >= 0.3 is 12.1 Å². The van der Waals surface area contributed by atoms with Gasteiger partial charge in [0.2, 0.25) is 0 Å². The molecule has 8 heteroatoms. The highest BCUT2D eigenvalue weighted by atomic mass is 19.4. The van der Waals surface area contributed by atoms with E-state index in [-0.39, 0.29) is 31.7 Å². The van der Waals surface area contributed by atoms with Gasteiger partial charge in [-0.2, -0.15) is 13.2 Å². The number of nitrogens with zero attached hydrogens (tertiary/aromatic N) is 1. The Bertz CT molecular complexity index is 617. The van der Waals surface area contributed by atoms with E-state index in [2.05, 4.69) is 0 Å². The van der Waals surface area contributed by atoms with Crippen LogP contribution < -0.4 is 0 Å². The van der Waals surface area contributed by atoms with Gasteiger partial charge in [0.25, 0.3) is 5.91 Å². The van der Waals surface area contributed by atoms with E-state index in [1.807, 2.05) is 0 Å². The summed E-state index contributed by atoms with van der Waals surface area (Å²) < 4.78 is 43.1. The Hall–Kier alpha value is -2.09. The van der Waals surface area contributed by atoms with Gasteiger partial charge in [-0.3, -0.25) is 9.59 Å². The lowest BCUT2D eigenvalue weighted by molar-refractivity contribution is -0.151. The van der Waals surface area contributed by atoms with Crippen molar-refractivity contribution in [2.75, 3.05) is 26.8 Å². The first-order valence-corrected chi connectivity index (χ1v) is 6.88. The summed E-state index contributed by atoms with van der Waals surface area (Å²) in [6, 6.07) is 4.10. The number of benzene rings is 1. The number of rotatable bonds is 4. The molecule has 1 heterocycles. The van der Waals surface area contributed by atoms with Crippen LogP contribution >= 0.6 is 0 Å². The molecule has 1 aliphatic heterocycles. The Labute approximate surface area is 130 Å². The average molecular weight is 331 g/mol. The maximum atomic E-state index is 12.7. The minimum absolute atomic E-state index is 0.0608. The van der Waals surface area contributed by atoms with E-state index in [1.54, 1.807) is 0 Å². The highest BCUT2D eigenvalue weighted by Gasteiger charge is 2.46. The molecule has 1 saturated heterocycles. The molecule has 0 radical (unpaired) electrons. The van der Waals surface area contributed by atoms with Gasteiger partial charge in [0.15, 0.2) is 0 Å². The van der Waals surface area contributed by atoms with Crippen LogP contribution in [0.2, 0.25) is 0 Å². The number of hydrogen-bond acceptors (Lipinski definition) is 3. The minimum Gasteiger partial charge on any atom is -0.481 e. The first kappa shape index (κ1) is 17.3. The Balaban J connectivity index is 2.21. The van der Waals surface area contributed by atoms with Crippen molar-refractivity contribution in [3.05, 3.63) is 35.4 Å². The number of likely N-dealkylation sites (tertiary alicyclic amines) is 1. The molecule has 2 rings (SSSR count). The van der Waals surface area contributed by atoms with Crippen LogP contribution in [0.5, 0.6) is 0 Å². The number of aliphatic carboxylic acids is 1. The van der Waals surface area contributed by atoms with Gasteiger partial charge in [0, 0.05) is 25.8 Å². The number of carbonyl (C=O) groups is 2. The van der Waals surface area contributed by atoms with Crippen molar-refractivity contribution in [2.45, 2.75) is 12.6 Å². The fourth-order valence-corrected chi connectivity index (χ4v) is 2.69. The van der Waals surface area contributed by atoms with Crippen LogP contribution in [0.15, 0.2) is 24.3 Å². The smallest absolute Gasteiger partial charge is 0.416 e. The summed E-state index contributed by atoms with van der Waals surface area (Å²) in [7, 11) is 1.36. The second kappa shape index (κ2) is 6.19. The van der Waals surface area contributed by atoms with Crippen LogP contribution in [0.25, 0.3) is 0 Å². The van der Waals surface area contributed by atoms with Crippen LogP contribution in [0.4, 0.5) is 13.2 Å². The van der Waals surface area contributed by atoms with Crippen LogP contribution in [0.1, 0.15) is 22.3 Å². The molecule has 0 aromatic heterocycles. The predicted octanol–water partition coefficient (Wildman–Crippen LogP) is 2.27. The summed E-state index contributed by atoms with van der Waals surface area (Å²) in [6.07, 6.45) is -4.34. The third-order valence-electron chi connectivity index (χ3n) is 3.95. The van der Waals surface area contributed by atoms with Crippen LogP contribution in [0.3, 0.4) is 0 Å². The van der Waals surface area contributed by atoms with Gasteiger partial charge in [-0.1, -0.05) is 6.07 Å². The van der Waals surface area contributed by atoms with Crippen molar-refractivity contribution in [3.8, 4) is 0 Å². The van der Waals surface area contributed by atoms with Crippen LogP contribution in [0, 0.1) is 5.41 Å². The molecule has 126 valence electrons. The fraction of sp³-hybridized carbons (Fsp3) is 0.467. The third kappa shape index (κ3) is 3.47. The first-order chi connectivity index (χ1) is 10.7. The van der Waals surface area contributed by atoms with E-state index < -0.39 is 29.0 Å². The van der Waals surface area contributed by atoms with Gasteiger partial charge < -0.3 is 14.7 Å². The summed E-state index contributed by atoms with van der Waals surface area (Å²) in [4.78, 5) is 25.1. The van der Waals surface area contributed by atoms with E-state index in [4.69, 9.17) is 4.74 Å². The van der Waals surface area contributed by atoms with Crippen molar-refractivity contribution in [1.29, 1.82) is 0 Å². The Morgan fingerprint density at radius 2 is 2.09 bits per heavy atom. The van der Waals surface area contributed by atoms with Gasteiger partial charge in [0.05, 0.1) is 12.2 Å². The van der Waals surface area contributed by atoms with Crippen LogP contribution in [-0.4, -0.2) is 48.7 Å². The molecule has 1 fully saturated rings. The zero-order chi connectivity index (χ0) is 17.3. The normalized spacial score (nSPS) is 21.5. The van der Waals surface area contributed by atoms with Crippen molar-refractivity contribution in [2.24, 2.45) is 5.41 Å². The molecule has 0 saturated carbocycles. The molecule has 5 nitrogen and oxygen atoms in total. The zero-order valence-corrected chi connectivity index (χ0v) is 12.4. The number of methoxy groups -OCH3 is 1. The molecule has 1 amide bonds. The molecule has 1 atom stereocenters. The number of halogens is 3. The zero-order valence-electron chi connectivity index (χ0n) is 12.4. The van der Waals surface area contributed by atoms with E-state index in [1.165, 1.54) is 18.1 Å². The van der Waals surface area contributed by atoms with Crippen molar-refractivity contribution < 1.29 is 32.6 Å². The maximum Gasteiger partial charge on any atom is 0.416 e. The van der Waals surface area contributed by atoms with Crippen molar-refractivity contribution in [3.63, 3.8) is 0 Å². The lowest BCUT2D eigenvalue weighted by Crippen LogP contribution is -2.40. The lowest BCUT2D eigenvalue weighted by atomic mass is 9.88. The SMILES string of the molecule is COCC1(C(=O)O)CCN(C(=O)c2cccc(C(F)(F)F)c2)C1. The van der Waals surface area contributed by atoms with E-state index in [0.29, 0.717) is 0 Å². The molecule has 1 aromatic rings. The molecule has 0 bridgehead atoms. The molecule has 0 spiro atoms. The summed E-state index contributed by atoms with van der Waals surface area (Å²) in [5.74, 6) is -1.70. The number of carboxylic acid groups (broad SMARTS) is 1. The molecule has 0 aliphatic carbocycles. The number of ether oxygens (including phenoxy) is 1. The molecule has 1 aliphatic rings. The first-order valence-electron chi connectivity index (χ1n) is 6.88. The third-order valence-corrected chi connectivity index (χ3v) is 3.95. The average Bonchev–Trinajstić information content (AvgIpc) is 2.92. The Morgan fingerprint density at radius 1 is 1.39 bits per heavy atom. The number of carbonyl (C=O) groups excluding carboxylic acids is 1. The van der Waals surface area contributed by atoms with E-state index in [9.17, 15) is 27.9 Å². The van der Waals surface area contributed by atoms with Crippen molar-refractivity contribution in [1.82, 2.24) is 4.90 Å². The van der Waals surface area contributed by atoms with Gasteiger partial charge in [-0.15, -0.1) is 0 Å². The predicted molar refractivity (Wildman–Crippen MR) is 73.9 cm³/mol. The van der Waals surface area contributed by atoms with Gasteiger partial charge in [-0.25, -0.2) is 0 Å². The largest absolute Gasteiger partial charge is 0.481 e. The summed E-state index contributed by atoms with van der Waals surface area (Å²) in [5.41, 5.74) is -2.24. The van der Waals surface area contributed by atoms with E-state index in [0.717, 1.165) is 18.2 Å². The topological polar surface area (TPSA) is 66.8 Å². The molecule has 23 heavy (non-hydrogen) atoms. The summed E-state index contributed by atoms with van der Waals surface area (Å²) >= 11 is 0. The number of carboxylic acids is 1. The van der Waals surface area contributed by atoms with Crippen molar-refractivity contribution >= 4 is 11.9 Å².